The lowest BCUT2D eigenvalue weighted by Gasteiger charge is -2.34. The van der Waals surface area contributed by atoms with Crippen LogP contribution in [0.25, 0.3) is 0 Å². The van der Waals surface area contributed by atoms with Gasteiger partial charge in [-0.1, -0.05) is 30.3 Å². The Morgan fingerprint density at radius 3 is 2.71 bits per heavy atom. The number of piperidine rings is 1. The summed E-state index contributed by atoms with van der Waals surface area (Å²) in [6.07, 6.45) is 2.73. The zero-order valence-corrected chi connectivity index (χ0v) is 13.5. The van der Waals surface area contributed by atoms with Crippen LogP contribution < -0.4 is 5.56 Å². The third-order valence-corrected chi connectivity index (χ3v) is 4.36. The smallest absolute Gasteiger partial charge is 0.274 e. The van der Waals surface area contributed by atoms with Crippen molar-refractivity contribution >= 4 is 5.91 Å². The van der Waals surface area contributed by atoms with Crippen LogP contribution >= 0.6 is 0 Å². The molecule has 0 aliphatic carbocycles. The summed E-state index contributed by atoms with van der Waals surface area (Å²) in [5.74, 6) is -0.226. The van der Waals surface area contributed by atoms with Crippen molar-refractivity contribution in [3.05, 3.63) is 64.1 Å². The molecule has 1 saturated heterocycles. The average Bonchev–Trinajstić information content (AvgIpc) is 2.64. The number of aromatic nitrogens is 2. The highest BCUT2D eigenvalue weighted by molar-refractivity contribution is 5.92. The van der Waals surface area contributed by atoms with E-state index in [4.69, 9.17) is 0 Å². The van der Waals surface area contributed by atoms with E-state index in [2.05, 4.69) is 5.10 Å². The molecule has 1 unspecified atom stereocenters. The van der Waals surface area contributed by atoms with Crippen LogP contribution in [0.15, 0.2) is 47.3 Å². The number of likely N-dealkylation sites (tertiary alicyclic amines) is 1. The minimum atomic E-state index is -0.243. The molecule has 1 aliphatic heterocycles. The van der Waals surface area contributed by atoms with Crippen LogP contribution in [-0.4, -0.2) is 44.9 Å². The molecular formula is C18H21N3O3. The zero-order chi connectivity index (χ0) is 16.9. The maximum atomic E-state index is 12.7. The lowest BCUT2D eigenvalue weighted by atomic mass is 10.0. The molecule has 126 valence electrons. The maximum Gasteiger partial charge on any atom is 0.274 e. The van der Waals surface area contributed by atoms with Crippen LogP contribution in [0.1, 0.15) is 35.3 Å². The van der Waals surface area contributed by atoms with Crippen molar-refractivity contribution in [3.8, 4) is 0 Å². The Bertz CT molecular complexity index is 758. The molecular weight excluding hydrogens is 306 g/mol. The number of benzene rings is 1. The summed E-state index contributed by atoms with van der Waals surface area (Å²) in [6, 6.07) is 12.2. The average molecular weight is 327 g/mol. The van der Waals surface area contributed by atoms with Crippen LogP contribution in [0.4, 0.5) is 0 Å². The highest BCUT2D eigenvalue weighted by Crippen LogP contribution is 2.18. The molecule has 0 bridgehead atoms. The van der Waals surface area contributed by atoms with Crippen LogP contribution in [-0.2, 0) is 6.54 Å². The summed E-state index contributed by atoms with van der Waals surface area (Å²) >= 11 is 0. The van der Waals surface area contributed by atoms with Gasteiger partial charge in [0.25, 0.3) is 11.5 Å². The standard InChI is InChI=1S/C18H21N3O3/c22-13-15-8-4-5-11-20(15)18(24)16-9-10-17(23)21(19-16)12-14-6-2-1-3-7-14/h1-3,6-7,9-10,15,22H,4-5,8,11-13H2. The summed E-state index contributed by atoms with van der Waals surface area (Å²) in [6.45, 7) is 0.892. The highest BCUT2D eigenvalue weighted by atomic mass is 16.3. The van der Waals surface area contributed by atoms with E-state index in [1.165, 1.54) is 16.8 Å². The summed E-state index contributed by atoms with van der Waals surface area (Å²) in [5.41, 5.74) is 0.946. The van der Waals surface area contributed by atoms with Gasteiger partial charge in [0.1, 0.15) is 5.69 Å². The van der Waals surface area contributed by atoms with E-state index < -0.39 is 0 Å². The van der Waals surface area contributed by atoms with Crippen molar-refractivity contribution in [2.45, 2.75) is 31.8 Å². The Morgan fingerprint density at radius 1 is 1.17 bits per heavy atom. The van der Waals surface area contributed by atoms with Gasteiger partial charge in [-0.25, -0.2) is 4.68 Å². The van der Waals surface area contributed by atoms with Crippen LogP contribution in [0, 0.1) is 0 Å². The van der Waals surface area contributed by atoms with E-state index in [1.54, 1.807) is 4.90 Å². The highest BCUT2D eigenvalue weighted by Gasteiger charge is 2.28. The quantitative estimate of drug-likeness (QED) is 0.918. The molecule has 0 radical (unpaired) electrons. The molecule has 1 atom stereocenters. The molecule has 1 N–H and O–H groups in total. The number of rotatable bonds is 4. The van der Waals surface area contributed by atoms with Gasteiger partial charge >= 0.3 is 0 Å². The second kappa shape index (κ2) is 7.40. The van der Waals surface area contributed by atoms with Gasteiger partial charge in [-0.3, -0.25) is 9.59 Å². The third kappa shape index (κ3) is 3.54. The van der Waals surface area contributed by atoms with Crippen LogP contribution in [0.5, 0.6) is 0 Å². The molecule has 1 aromatic heterocycles. The Kier molecular flexibility index (Phi) is 5.05. The lowest BCUT2D eigenvalue weighted by Crippen LogP contribution is -2.46. The Balaban J connectivity index is 1.85. The molecule has 0 saturated carbocycles. The van der Waals surface area contributed by atoms with Crippen molar-refractivity contribution < 1.29 is 9.90 Å². The van der Waals surface area contributed by atoms with Crippen molar-refractivity contribution in [2.24, 2.45) is 0 Å². The zero-order valence-electron chi connectivity index (χ0n) is 13.5. The molecule has 6 nitrogen and oxygen atoms in total. The van der Waals surface area contributed by atoms with E-state index in [1.807, 2.05) is 30.3 Å². The second-order valence-electron chi connectivity index (χ2n) is 6.03. The molecule has 1 aliphatic rings. The number of aliphatic hydroxyl groups excluding tert-OH is 1. The van der Waals surface area contributed by atoms with Crippen molar-refractivity contribution in [3.63, 3.8) is 0 Å². The Hall–Kier alpha value is -2.47. The number of hydrogen-bond acceptors (Lipinski definition) is 4. The fourth-order valence-corrected chi connectivity index (χ4v) is 3.04. The Morgan fingerprint density at radius 2 is 1.96 bits per heavy atom. The number of hydrogen-bond donors (Lipinski definition) is 1. The molecule has 1 amide bonds. The van der Waals surface area contributed by atoms with E-state index >= 15 is 0 Å². The van der Waals surface area contributed by atoms with Crippen molar-refractivity contribution in [1.82, 2.24) is 14.7 Å². The minimum Gasteiger partial charge on any atom is -0.394 e. The number of carbonyl (C=O) groups excluding carboxylic acids is 1. The summed E-state index contributed by atoms with van der Waals surface area (Å²) in [5, 5.41) is 13.7. The lowest BCUT2D eigenvalue weighted by molar-refractivity contribution is 0.0494. The Labute approximate surface area is 140 Å². The molecule has 2 aromatic rings. The summed E-state index contributed by atoms with van der Waals surface area (Å²) in [7, 11) is 0. The summed E-state index contributed by atoms with van der Waals surface area (Å²) in [4.78, 5) is 26.4. The van der Waals surface area contributed by atoms with E-state index in [0.717, 1.165) is 24.8 Å². The second-order valence-corrected chi connectivity index (χ2v) is 6.03. The molecule has 6 heteroatoms. The fraction of sp³-hybridized carbons (Fsp3) is 0.389. The monoisotopic (exact) mass is 327 g/mol. The van der Waals surface area contributed by atoms with Gasteiger partial charge in [0.05, 0.1) is 19.2 Å². The maximum absolute atomic E-state index is 12.7. The molecule has 1 fully saturated rings. The topological polar surface area (TPSA) is 75.4 Å². The molecule has 0 spiro atoms. The number of aliphatic hydroxyl groups is 1. The first kappa shape index (κ1) is 16.4. The van der Waals surface area contributed by atoms with Crippen molar-refractivity contribution in [2.75, 3.05) is 13.2 Å². The molecule has 24 heavy (non-hydrogen) atoms. The molecule has 3 rings (SSSR count). The van der Waals surface area contributed by atoms with Gasteiger partial charge in [-0.15, -0.1) is 0 Å². The van der Waals surface area contributed by atoms with E-state index in [9.17, 15) is 14.7 Å². The predicted octanol–water partition coefficient (Wildman–Crippen LogP) is 1.28. The number of nitrogens with zero attached hydrogens (tertiary/aromatic N) is 3. The number of amides is 1. The van der Waals surface area contributed by atoms with Gasteiger partial charge in [0, 0.05) is 12.6 Å². The minimum absolute atomic E-state index is 0.0462. The van der Waals surface area contributed by atoms with Crippen LogP contribution in [0.2, 0.25) is 0 Å². The van der Waals surface area contributed by atoms with E-state index in [0.29, 0.717) is 13.1 Å². The van der Waals surface area contributed by atoms with Gasteiger partial charge in [0.2, 0.25) is 0 Å². The van der Waals surface area contributed by atoms with Gasteiger partial charge in [-0.2, -0.15) is 5.10 Å². The largest absolute Gasteiger partial charge is 0.394 e. The van der Waals surface area contributed by atoms with Gasteiger partial charge in [0.15, 0.2) is 0 Å². The van der Waals surface area contributed by atoms with Gasteiger partial charge in [-0.05, 0) is 30.9 Å². The molecule has 2 heterocycles. The first-order valence-electron chi connectivity index (χ1n) is 8.23. The normalized spacial score (nSPS) is 17.7. The summed E-state index contributed by atoms with van der Waals surface area (Å²) < 4.78 is 1.31. The molecule has 1 aromatic carbocycles. The van der Waals surface area contributed by atoms with E-state index in [-0.39, 0.29) is 29.8 Å². The first-order valence-corrected chi connectivity index (χ1v) is 8.23. The van der Waals surface area contributed by atoms with Crippen LogP contribution in [0.3, 0.4) is 0 Å². The third-order valence-electron chi connectivity index (χ3n) is 4.36. The first-order chi connectivity index (χ1) is 11.7. The van der Waals surface area contributed by atoms with Gasteiger partial charge < -0.3 is 10.0 Å². The fourth-order valence-electron chi connectivity index (χ4n) is 3.04. The SMILES string of the molecule is O=C(c1ccc(=O)n(Cc2ccccc2)n1)N1CCCCC1CO. The predicted molar refractivity (Wildman–Crippen MR) is 89.8 cm³/mol. The van der Waals surface area contributed by atoms with Crippen molar-refractivity contribution in [1.29, 1.82) is 0 Å². The number of carbonyl (C=O) groups is 1.